The highest BCUT2D eigenvalue weighted by molar-refractivity contribution is 5.99. The average molecular weight is 1240 g/mol. The van der Waals surface area contributed by atoms with Gasteiger partial charge in [-0.15, -0.1) is 0 Å². The first-order valence-electron chi connectivity index (χ1n) is 29.8. The molecular weight excluding hydrogens is 1150 g/mol. The van der Waals surface area contributed by atoms with E-state index in [1.165, 1.54) is 4.90 Å². The molecule has 10 atom stereocenters. The number of hydrogen-bond donors (Lipinski definition) is 16. The number of guanidine groups is 1. The highest BCUT2D eigenvalue weighted by Gasteiger charge is 2.41. The fourth-order valence-electron chi connectivity index (χ4n) is 9.85. The van der Waals surface area contributed by atoms with E-state index in [0.717, 1.165) is 0 Å². The number of aromatic amines is 1. The van der Waals surface area contributed by atoms with Gasteiger partial charge in [-0.2, -0.15) is 0 Å². The van der Waals surface area contributed by atoms with E-state index in [-0.39, 0.29) is 101 Å². The number of para-hydroxylation sites is 1. The summed E-state index contributed by atoms with van der Waals surface area (Å²) in [6, 6.07) is -6.88. The Morgan fingerprint density at radius 1 is 0.602 bits per heavy atom. The van der Waals surface area contributed by atoms with Gasteiger partial charge in [0.1, 0.15) is 54.4 Å². The van der Waals surface area contributed by atoms with E-state index in [4.69, 9.17) is 22.9 Å². The van der Waals surface area contributed by atoms with Crippen LogP contribution in [0.5, 0.6) is 0 Å². The van der Waals surface area contributed by atoms with Crippen molar-refractivity contribution in [2.75, 3.05) is 19.7 Å². The third-order valence-electron chi connectivity index (χ3n) is 14.6. The average Bonchev–Trinajstić information content (AvgIpc) is 4.37. The zero-order chi connectivity index (χ0) is 66.1. The van der Waals surface area contributed by atoms with Crippen LogP contribution in [0.25, 0.3) is 10.9 Å². The summed E-state index contributed by atoms with van der Waals surface area (Å²) in [5, 5.41) is 51.3. The molecule has 88 heavy (non-hydrogen) atoms. The summed E-state index contributed by atoms with van der Waals surface area (Å²) < 4.78 is 0. The van der Waals surface area contributed by atoms with E-state index < -0.39 is 151 Å². The van der Waals surface area contributed by atoms with Crippen LogP contribution in [-0.4, -0.2) is 182 Å². The second-order valence-corrected chi connectivity index (χ2v) is 23.8. The summed E-state index contributed by atoms with van der Waals surface area (Å²) in [5.41, 5.74) is 23.7. The van der Waals surface area contributed by atoms with Crippen molar-refractivity contribution in [1.82, 2.24) is 52.4 Å². The molecule has 30 nitrogen and oxygen atoms in total. The molecule has 490 valence electrons. The minimum absolute atomic E-state index is 0.0142. The number of carboxylic acid groups (broad SMARTS) is 2. The quantitative estimate of drug-likeness (QED) is 0.0196. The van der Waals surface area contributed by atoms with Gasteiger partial charge in [0.25, 0.3) is 0 Å². The first kappa shape index (κ1) is 73.8. The monoisotopic (exact) mass is 1240 g/mol. The van der Waals surface area contributed by atoms with Crippen LogP contribution in [0.15, 0.2) is 35.5 Å². The molecule has 30 heteroatoms. The number of nitrogens with one attached hydrogen (secondary N) is 9. The lowest BCUT2D eigenvalue weighted by Crippen LogP contribution is -2.61. The lowest BCUT2D eigenvalue weighted by Gasteiger charge is -2.31. The number of nitrogens with two attached hydrogens (primary N) is 4. The number of H-pyrrole nitrogens is 1. The number of fused-ring (bicyclic) bond motifs is 1. The van der Waals surface area contributed by atoms with Crippen LogP contribution in [-0.2, 0) is 64.0 Å². The number of likely N-dealkylation sites (tertiary alicyclic amines) is 1. The summed E-state index contributed by atoms with van der Waals surface area (Å²) in [4.78, 5) is 171. The Labute approximate surface area is 511 Å². The van der Waals surface area contributed by atoms with Crippen LogP contribution in [0.3, 0.4) is 0 Å². The van der Waals surface area contributed by atoms with Crippen molar-refractivity contribution >= 4 is 87.9 Å². The fourth-order valence-corrected chi connectivity index (χ4v) is 9.85. The zero-order valence-electron chi connectivity index (χ0n) is 51.5. The minimum Gasteiger partial charge on any atom is -0.481 e. The largest absolute Gasteiger partial charge is 0.481 e. The molecule has 0 spiro atoms. The van der Waals surface area contributed by atoms with E-state index in [1.807, 2.05) is 0 Å². The van der Waals surface area contributed by atoms with Crippen molar-refractivity contribution in [2.24, 2.45) is 51.6 Å². The van der Waals surface area contributed by atoms with E-state index in [9.17, 15) is 72.9 Å². The smallest absolute Gasteiger partial charge is 0.326 e. The standard InChI is InChI=1S/C58H93N15O15/c1-29(2)23-39(50(80)66-37(18-20-46(76)77)49(79)65-36(15-11-21-63-58(61)62)48(78)68-40(24-30(3)4)51(81)71-42(57(87)88)25-31(5)6)69-53(83)43(28-74)72-52(82)41(26-33-27-64-35-14-10-9-13-34(33)35)70-54(84)44-16-12-22-73(44)56(86)38(17-19-45(59)75)67-55(85)47(60)32(7)8/h9-10,13-14,27,29-32,36-44,47,64,74H,11-12,15-26,28,60H2,1-8H3,(H2,59,75)(H,65,79)(H,66,80)(H,67,85)(H,68,78)(H,69,83)(H,70,84)(H,71,81)(H,72,82)(H,76,77)(H,87,88)(H4,61,62,63)/t36-,37-,38-,39-,40-,41-,42-,43-,44-,47-/m0/s1. The number of carbonyl (C=O) groups is 12. The SMILES string of the molecule is CC(C)C[C@H](NC(=O)[C@H](CC(C)C)NC(=O)[C@H](CCCN=C(N)N)NC(=O)[C@H](CCC(=O)O)NC(=O)[C@H](CC(C)C)NC(=O)[C@H](CO)NC(=O)[C@H](Cc1c[nH]c2ccccc12)NC(=O)[C@@H]1CCCN1C(=O)[C@H](CCC(N)=O)NC(=O)[C@@H](N)C(C)C)C(=O)O. The van der Waals surface area contributed by atoms with E-state index in [0.29, 0.717) is 22.9 Å². The molecule has 2 aromatic rings. The molecular formula is C58H93N15O15. The third-order valence-corrected chi connectivity index (χ3v) is 14.6. The number of primary amides is 1. The molecule has 2 heterocycles. The summed E-state index contributed by atoms with van der Waals surface area (Å²) in [6.45, 7) is 12.9. The van der Waals surface area contributed by atoms with Gasteiger partial charge in [-0.1, -0.05) is 73.6 Å². The van der Waals surface area contributed by atoms with E-state index in [1.54, 1.807) is 85.9 Å². The predicted molar refractivity (Wildman–Crippen MR) is 323 cm³/mol. The van der Waals surface area contributed by atoms with E-state index >= 15 is 0 Å². The number of aliphatic carboxylic acids is 2. The maximum atomic E-state index is 14.5. The summed E-state index contributed by atoms with van der Waals surface area (Å²) in [5.74, 6) is -12.6. The van der Waals surface area contributed by atoms with Crippen LogP contribution in [0, 0.1) is 23.7 Å². The van der Waals surface area contributed by atoms with Crippen LogP contribution in [0.1, 0.15) is 132 Å². The van der Waals surface area contributed by atoms with Crippen molar-refractivity contribution in [3.63, 3.8) is 0 Å². The number of benzene rings is 1. The number of aliphatic hydroxyl groups is 1. The first-order chi connectivity index (χ1) is 41.3. The van der Waals surface area contributed by atoms with E-state index in [2.05, 4.69) is 52.5 Å². The molecule has 1 saturated heterocycles. The maximum absolute atomic E-state index is 14.5. The number of carboxylic acids is 2. The molecule has 10 amide bonds. The molecule has 0 radical (unpaired) electrons. The van der Waals surface area contributed by atoms with Gasteiger partial charge in [-0.25, -0.2) is 4.79 Å². The van der Waals surface area contributed by atoms with Gasteiger partial charge in [-0.3, -0.25) is 57.7 Å². The highest BCUT2D eigenvalue weighted by Crippen LogP contribution is 2.23. The van der Waals surface area contributed by atoms with Crippen molar-refractivity contribution < 1.29 is 72.9 Å². The van der Waals surface area contributed by atoms with Crippen molar-refractivity contribution in [2.45, 2.75) is 193 Å². The molecule has 1 aliphatic heterocycles. The molecule has 1 fully saturated rings. The topological polar surface area (TPSA) is 497 Å². The van der Waals surface area contributed by atoms with Crippen LogP contribution in [0.4, 0.5) is 0 Å². The molecule has 0 aliphatic carbocycles. The predicted octanol–water partition coefficient (Wildman–Crippen LogP) is -2.04. The van der Waals surface area contributed by atoms with Crippen LogP contribution < -0.4 is 65.5 Å². The Hall–Kier alpha value is -8.41. The molecule has 3 rings (SSSR count). The van der Waals surface area contributed by atoms with Crippen molar-refractivity contribution in [3.05, 3.63) is 36.0 Å². The third kappa shape index (κ3) is 24.4. The number of aromatic nitrogens is 1. The number of aliphatic imine (C=N–C) groups is 1. The summed E-state index contributed by atoms with van der Waals surface area (Å²) >= 11 is 0. The van der Waals surface area contributed by atoms with Gasteiger partial charge in [0.2, 0.25) is 59.1 Å². The Morgan fingerprint density at radius 2 is 1.08 bits per heavy atom. The Morgan fingerprint density at radius 3 is 1.60 bits per heavy atom. The molecule has 0 unspecified atom stereocenters. The molecule has 1 aromatic heterocycles. The molecule has 20 N–H and O–H groups in total. The van der Waals surface area contributed by atoms with Crippen LogP contribution >= 0.6 is 0 Å². The van der Waals surface area contributed by atoms with Crippen LogP contribution in [0.2, 0.25) is 0 Å². The summed E-state index contributed by atoms with van der Waals surface area (Å²) in [6.07, 6.45) is 0.162. The summed E-state index contributed by atoms with van der Waals surface area (Å²) in [7, 11) is 0. The van der Waals surface area contributed by atoms with Gasteiger partial charge < -0.3 is 90.7 Å². The van der Waals surface area contributed by atoms with Gasteiger partial charge in [-0.05, 0) is 93.1 Å². The van der Waals surface area contributed by atoms with Gasteiger partial charge >= 0.3 is 11.9 Å². The minimum atomic E-state index is -1.79. The lowest BCUT2D eigenvalue weighted by molar-refractivity contribution is -0.143. The molecule has 0 bridgehead atoms. The second kappa shape index (κ2) is 36.0. The zero-order valence-corrected chi connectivity index (χ0v) is 51.5. The number of amides is 10. The number of hydrogen-bond acceptors (Lipinski definition) is 15. The van der Waals surface area contributed by atoms with Gasteiger partial charge in [0.15, 0.2) is 5.96 Å². The number of carbonyl (C=O) groups excluding carboxylic acids is 10. The fraction of sp³-hybridized carbons (Fsp3) is 0.638. The number of aliphatic hydroxyl groups excluding tert-OH is 1. The second-order valence-electron chi connectivity index (χ2n) is 23.8. The normalized spacial score (nSPS) is 16.2. The van der Waals surface area contributed by atoms with Gasteiger partial charge in [0, 0.05) is 49.5 Å². The molecule has 1 aromatic carbocycles. The highest BCUT2D eigenvalue weighted by atomic mass is 16.4. The Balaban J connectivity index is 1.94. The molecule has 0 saturated carbocycles. The Bertz CT molecular complexity index is 2780. The van der Waals surface area contributed by atoms with Gasteiger partial charge in [0.05, 0.1) is 12.6 Å². The van der Waals surface area contributed by atoms with Crippen molar-refractivity contribution in [3.8, 4) is 0 Å². The Kier molecular flexibility index (Phi) is 30.2. The van der Waals surface area contributed by atoms with Crippen molar-refractivity contribution in [1.29, 1.82) is 0 Å². The maximum Gasteiger partial charge on any atom is 0.326 e. The number of nitrogens with zero attached hydrogens (tertiary/aromatic N) is 2. The molecule has 1 aliphatic rings. The number of rotatable bonds is 38. The first-order valence-corrected chi connectivity index (χ1v) is 29.8. The lowest BCUT2D eigenvalue weighted by atomic mass is 9.99.